The number of hydrazine groups is 1. The monoisotopic (exact) mass is 288 g/mol. The van der Waals surface area contributed by atoms with Crippen molar-refractivity contribution in [3.05, 3.63) is 34.1 Å². The lowest BCUT2D eigenvalue weighted by Crippen LogP contribution is -2.45. The molecule has 0 spiro atoms. The van der Waals surface area contributed by atoms with Crippen LogP contribution in [0.3, 0.4) is 0 Å². The number of hydrogen-bond donors (Lipinski definition) is 2. The van der Waals surface area contributed by atoms with Crippen molar-refractivity contribution in [2.75, 3.05) is 0 Å². The van der Waals surface area contributed by atoms with Gasteiger partial charge in [-0.1, -0.05) is 36.7 Å². The van der Waals surface area contributed by atoms with Gasteiger partial charge >= 0.3 is 0 Å². The van der Waals surface area contributed by atoms with Gasteiger partial charge in [0.2, 0.25) is 0 Å². The molecule has 0 aliphatic rings. The molecule has 1 atom stereocenters. The van der Waals surface area contributed by atoms with E-state index in [-0.39, 0.29) is 17.3 Å². The van der Waals surface area contributed by atoms with Crippen LogP contribution >= 0.6 is 15.9 Å². The fourth-order valence-corrected chi connectivity index (χ4v) is 2.09. The Hall–Kier alpha value is -0.450. The number of halogens is 2. The molecule has 0 bridgehead atoms. The first kappa shape index (κ1) is 13.6. The number of benzene rings is 1. The highest BCUT2D eigenvalue weighted by molar-refractivity contribution is 9.10. The van der Waals surface area contributed by atoms with E-state index in [4.69, 9.17) is 5.84 Å². The van der Waals surface area contributed by atoms with Crippen molar-refractivity contribution >= 4 is 15.9 Å². The van der Waals surface area contributed by atoms with E-state index in [0.29, 0.717) is 6.42 Å². The van der Waals surface area contributed by atoms with Gasteiger partial charge in [-0.15, -0.1) is 0 Å². The fourth-order valence-electron chi connectivity index (χ4n) is 1.58. The Morgan fingerprint density at radius 3 is 2.44 bits per heavy atom. The van der Waals surface area contributed by atoms with Gasteiger partial charge in [0.1, 0.15) is 5.82 Å². The van der Waals surface area contributed by atoms with E-state index in [1.165, 1.54) is 6.07 Å². The molecule has 1 unspecified atom stereocenters. The average Bonchev–Trinajstić information content (AvgIpc) is 2.10. The second kappa shape index (κ2) is 5.25. The summed E-state index contributed by atoms with van der Waals surface area (Å²) >= 11 is 3.28. The topological polar surface area (TPSA) is 38.0 Å². The van der Waals surface area contributed by atoms with Gasteiger partial charge in [-0.2, -0.15) is 0 Å². The summed E-state index contributed by atoms with van der Waals surface area (Å²) in [4.78, 5) is 0. The zero-order chi connectivity index (χ0) is 12.3. The SMILES string of the molecule is CC(C)(C)C(Cc1cc(F)cc(Br)c1)NN. The van der Waals surface area contributed by atoms with Crippen molar-refractivity contribution in [1.29, 1.82) is 0 Å². The largest absolute Gasteiger partial charge is 0.271 e. The van der Waals surface area contributed by atoms with E-state index in [2.05, 4.69) is 42.1 Å². The van der Waals surface area contributed by atoms with Gasteiger partial charge in [-0.3, -0.25) is 11.3 Å². The summed E-state index contributed by atoms with van der Waals surface area (Å²) in [6.45, 7) is 6.31. The predicted molar refractivity (Wildman–Crippen MR) is 68.4 cm³/mol. The van der Waals surface area contributed by atoms with E-state index in [0.717, 1.165) is 10.0 Å². The minimum Gasteiger partial charge on any atom is -0.271 e. The van der Waals surface area contributed by atoms with Crippen molar-refractivity contribution in [3.8, 4) is 0 Å². The first-order valence-corrected chi connectivity index (χ1v) is 6.03. The van der Waals surface area contributed by atoms with Gasteiger partial charge in [-0.25, -0.2) is 4.39 Å². The Morgan fingerprint density at radius 2 is 2.00 bits per heavy atom. The first-order chi connectivity index (χ1) is 7.32. The minimum atomic E-state index is -0.228. The highest BCUT2D eigenvalue weighted by Gasteiger charge is 2.23. The van der Waals surface area contributed by atoms with Gasteiger partial charge in [0.15, 0.2) is 0 Å². The second-order valence-electron chi connectivity index (χ2n) is 5.07. The molecule has 2 nitrogen and oxygen atoms in total. The van der Waals surface area contributed by atoms with Crippen molar-refractivity contribution in [2.45, 2.75) is 33.2 Å². The molecule has 0 saturated heterocycles. The standard InChI is InChI=1S/C12H18BrFN2/c1-12(2,3)11(16-15)6-8-4-9(13)7-10(14)5-8/h4-5,7,11,16H,6,15H2,1-3H3. The molecular formula is C12H18BrFN2. The van der Waals surface area contributed by atoms with Crippen LogP contribution in [0.4, 0.5) is 4.39 Å². The van der Waals surface area contributed by atoms with Crippen molar-refractivity contribution < 1.29 is 4.39 Å². The molecule has 90 valence electrons. The molecule has 0 radical (unpaired) electrons. The summed E-state index contributed by atoms with van der Waals surface area (Å²) in [5.41, 5.74) is 3.76. The van der Waals surface area contributed by atoms with E-state index >= 15 is 0 Å². The summed E-state index contributed by atoms with van der Waals surface area (Å²) in [6, 6.07) is 5.02. The molecule has 0 fully saturated rings. The van der Waals surface area contributed by atoms with Crippen LogP contribution in [0.5, 0.6) is 0 Å². The highest BCUT2D eigenvalue weighted by atomic mass is 79.9. The van der Waals surface area contributed by atoms with Crippen LogP contribution in [0.1, 0.15) is 26.3 Å². The molecule has 0 heterocycles. The van der Waals surface area contributed by atoms with Crippen LogP contribution in [0, 0.1) is 11.2 Å². The molecular weight excluding hydrogens is 271 g/mol. The summed E-state index contributed by atoms with van der Waals surface area (Å²) in [5, 5.41) is 0. The summed E-state index contributed by atoms with van der Waals surface area (Å²) in [7, 11) is 0. The maximum absolute atomic E-state index is 13.2. The van der Waals surface area contributed by atoms with Crippen LogP contribution in [0.2, 0.25) is 0 Å². The summed E-state index contributed by atoms with van der Waals surface area (Å²) in [6.07, 6.45) is 0.705. The van der Waals surface area contributed by atoms with E-state index < -0.39 is 0 Å². The molecule has 1 aromatic carbocycles. The van der Waals surface area contributed by atoms with E-state index in [1.807, 2.05) is 6.07 Å². The van der Waals surface area contributed by atoms with Crippen LogP contribution in [-0.2, 0) is 6.42 Å². The maximum Gasteiger partial charge on any atom is 0.124 e. The zero-order valence-corrected chi connectivity index (χ0v) is 11.4. The Morgan fingerprint density at radius 1 is 1.38 bits per heavy atom. The molecule has 0 aliphatic carbocycles. The smallest absolute Gasteiger partial charge is 0.124 e. The Bertz CT molecular complexity index is 340. The van der Waals surface area contributed by atoms with Gasteiger partial charge in [0.05, 0.1) is 0 Å². The Labute approximate surface area is 105 Å². The third kappa shape index (κ3) is 3.85. The van der Waals surface area contributed by atoms with Gasteiger partial charge in [0, 0.05) is 10.5 Å². The van der Waals surface area contributed by atoms with Crippen molar-refractivity contribution in [2.24, 2.45) is 11.3 Å². The lowest BCUT2D eigenvalue weighted by molar-refractivity contribution is 0.268. The third-order valence-electron chi connectivity index (χ3n) is 2.61. The Kier molecular flexibility index (Phi) is 4.47. The number of rotatable bonds is 3. The molecule has 0 amide bonds. The molecule has 1 aromatic rings. The van der Waals surface area contributed by atoms with Crippen LogP contribution < -0.4 is 11.3 Å². The zero-order valence-electron chi connectivity index (χ0n) is 9.85. The predicted octanol–water partition coefficient (Wildman–Crippen LogP) is 3.01. The quantitative estimate of drug-likeness (QED) is 0.663. The molecule has 0 saturated carbocycles. The van der Waals surface area contributed by atoms with E-state index in [1.54, 1.807) is 6.07 Å². The molecule has 0 aromatic heterocycles. The molecule has 1 rings (SSSR count). The average molecular weight is 289 g/mol. The first-order valence-electron chi connectivity index (χ1n) is 5.24. The molecule has 16 heavy (non-hydrogen) atoms. The molecule has 3 N–H and O–H groups in total. The summed E-state index contributed by atoms with van der Waals surface area (Å²) < 4.78 is 14.0. The van der Waals surface area contributed by atoms with Crippen molar-refractivity contribution in [1.82, 2.24) is 5.43 Å². The minimum absolute atomic E-state index is 0.0353. The summed E-state index contributed by atoms with van der Waals surface area (Å²) in [5.74, 6) is 5.30. The van der Waals surface area contributed by atoms with Crippen LogP contribution in [0.25, 0.3) is 0 Å². The van der Waals surface area contributed by atoms with Gasteiger partial charge < -0.3 is 0 Å². The number of nitrogens with two attached hydrogens (primary N) is 1. The number of nitrogens with one attached hydrogen (secondary N) is 1. The van der Waals surface area contributed by atoms with Crippen LogP contribution in [0.15, 0.2) is 22.7 Å². The van der Waals surface area contributed by atoms with Crippen LogP contribution in [-0.4, -0.2) is 6.04 Å². The normalized spacial score (nSPS) is 13.9. The van der Waals surface area contributed by atoms with E-state index in [9.17, 15) is 4.39 Å². The fraction of sp³-hybridized carbons (Fsp3) is 0.500. The second-order valence-corrected chi connectivity index (χ2v) is 5.98. The van der Waals surface area contributed by atoms with Gasteiger partial charge in [-0.05, 0) is 35.6 Å². The maximum atomic E-state index is 13.2. The van der Waals surface area contributed by atoms with Crippen molar-refractivity contribution in [3.63, 3.8) is 0 Å². The highest BCUT2D eigenvalue weighted by Crippen LogP contribution is 2.23. The third-order valence-corrected chi connectivity index (χ3v) is 3.07. The van der Waals surface area contributed by atoms with Gasteiger partial charge in [0.25, 0.3) is 0 Å². The lowest BCUT2D eigenvalue weighted by atomic mass is 9.83. The molecule has 0 aliphatic heterocycles. The Balaban J connectivity index is 2.86. The molecule has 4 heteroatoms. The number of hydrogen-bond acceptors (Lipinski definition) is 2. The lowest BCUT2D eigenvalue weighted by Gasteiger charge is -2.30.